The third-order valence-electron chi connectivity index (χ3n) is 3.58. The van der Waals surface area contributed by atoms with Crippen molar-refractivity contribution < 1.29 is 9.53 Å². The minimum Gasteiger partial charge on any atom is -0.380 e. The molecule has 0 aliphatic heterocycles. The Hall–Kier alpha value is -2.90. The smallest absolute Gasteiger partial charge is 0.254 e. The van der Waals surface area contributed by atoms with Crippen LogP contribution in [0.1, 0.15) is 27.0 Å². The lowest BCUT2D eigenvalue weighted by Crippen LogP contribution is -2.30. The number of amides is 1. The minimum absolute atomic E-state index is 0.0683. The Morgan fingerprint density at radius 3 is 2.62 bits per heavy atom. The van der Waals surface area contributed by atoms with Crippen LogP contribution in [0.3, 0.4) is 0 Å². The molecule has 0 saturated carbocycles. The quantitative estimate of drug-likeness (QED) is 0.733. The van der Waals surface area contributed by atoms with Gasteiger partial charge in [-0.05, 0) is 35.4 Å². The van der Waals surface area contributed by atoms with E-state index in [2.05, 4.69) is 12.6 Å². The Bertz CT molecular complexity index is 745. The van der Waals surface area contributed by atoms with Crippen LogP contribution in [-0.2, 0) is 17.9 Å². The second-order valence-electron chi connectivity index (χ2n) is 5.42. The van der Waals surface area contributed by atoms with Crippen molar-refractivity contribution in [2.75, 3.05) is 13.7 Å². The second kappa shape index (κ2) is 8.66. The molecule has 0 heterocycles. The average Bonchev–Trinajstić information content (AvgIpc) is 2.62. The third-order valence-corrected chi connectivity index (χ3v) is 3.58. The number of carbonyl (C=O) groups is 1. The lowest BCUT2D eigenvalue weighted by molar-refractivity contribution is 0.0762. The molecule has 2 aromatic carbocycles. The maximum Gasteiger partial charge on any atom is 0.254 e. The van der Waals surface area contributed by atoms with Gasteiger partial charge >= 0.3 is 0 Å². The third kappa shape index (κ3) is 4.55. The topological polar surface area (TPSA) is 53.3 Å². The highest BCUT2D eigenvalue weighted by atomic mass is 16.5. The van der Waals surface area contributed by atoms with Crippen molar-refractivity contribution in [2.45, 2.75) is 13.2 Å². The normalized spacial score (nSPS) is 10.0. The predicted octanol–water partition coefficient (Wildman–Crippen LogP) is 3.53. The number of hydrogen-bond acceptors (Lipinski definition) is 3. The fourth-order valence-corrected chi connectivity index (χ4v) is 2.43. The maximum absolute atomic E-state index is 12.7. The van der Waals surface area contributed by atoms with Crippen LogP contribution < -0.4 is 0 Å². The number of rotatable bonds is 7. The van der Waals surface area contributed by atoms with Crippen LogP contribution in [-0.4, -0.2) is 24.5 Å². The fourth-order valence-electron chi connectivity index (χ4n) is 2.43. The summed E-state index contributed by atoms with van der Waals surface area (Å²) in [6, 6.07) is 16.8. The molecule has 0 saturated heterocycles. The summed E-state index contributed by atoms with van der Waals surface area (Å²) < 4.78 is 5.08. The van der Waals surface area contributed by atoms with Crippen molar-refractivity contribution >= 4 is 5.91 Å². The van der Waals surface area contributed by atoms with Crippen LogP contribution in [0, 0.1) is 11.3 Å². The molecule has 0 radical (unpaired) electrons. The van der Waals surface area contributed by atoms with Crippen LogP contribution in [0.15, 0.2) is 61.2 Å². The number of carbonyl (C=O) groups excluding carboxylic acids is 1. The predicted molar refractivity (Wildman–Crippen MR) is 93.2 cm³/mol. The highest BCUT2D eigenvalue weighted by molar-refractivity contribution is 5.94. The standard InChI is InChI=1S/C20H20N2O2/c1-3-11-22(14-18-6-4-5-17(12-18)13-21)20(23)19-9-7-16(8-10-19)15-24-2/h3-10,12H,1,11,14-15H2,2H3. The van der Waals surface area contributed by atoms with Crippen LogP contribution in [0.2, 0.25) is 0 Å². The van der Waals surface area contributed by atoms with E-state index < -0.39 is 0 Å². The molecule has 0 unspecified atom stereocenters. The Morgan fingerprint density at radius 2 is 2.00 bits per heavy atom. The van der Waals surface area contributed by atoms with Crippen molar-refractivity contribution in [2.24, 2.45) is 0 Å². The van der Waals surface area contributed by atoms with Gasteiger partial charge in [0, 0.05) is 25.8 Å². The molecule has 0 spiro atoms. The number of nitriles is 1. The zero-order valence-corrected chi connectivity index (χ0v) is 13.7. The van der Waals surface area contributed by atoms with Crippen molar-refractivity contribution in [3.05, 3.63) is 83.4 Å². The lowest BCUT2D eigenvalue weighted by atomic mass is 10.1. The van der Waals surface area contributed by atoms with E-state index in [-0.39, 0.29) is 5.91 Å². The number of methoxy groups -OCH3 is 1. The number of hydrogen-bond donors (Lipinski definition) is 0. The van der Waals surface area contributed by atoms with Crippen LogP contribution in [0.5, 0.6) is 0 Å². The first kappa shape index (κ1) is 17.5. The summed E-state index contributed by atoms with van der Waals surface area (Å²) in [5.41, 5.74) is 3.14. The summed E-state index contributed by atoms with van der Waals surface area (Å²) in [5.74, 6) is -0.0683. The first-order valence-corrected chi connectivity index (χ1v) is 7.65. The van der Waals surface area contributed by atoms with Crippen molar-refractivity contribution in [3.8, 4) is 6.07 Å². The first-order chi connectivity index (χ1) is 11.7. The lowest BCUT2D eigenvalue weighted by Gasteiger charge is -2.21. The van der Waals surface area contributed by atoms with E-state index in [9.17, 15) is 4.79 Å². The molecule has 2 rings (SSSR count). The van der Waals surface area contributed by atoms with E-state index in [0.717, 1.165) is 11.1 Å². The molecule has 24 heavy (non-hydrogen) atoms. The molecule has 122 valence electrons. The Labute approximate surface area is 142 Å². The van der Waals surface area contributed by atoms with Gasteiger partial charge in [0.05, 0.1) is 18.2 Å². The van der Waals surface area contributed by atoms with Gasteiger partial charge in [-0.3, -0.25) is 4.79 Å². The monoisotopic (exact) mass is 320 g/mol. The molecule has 0 aliphatic carbocycles. The second-order valence-corrected chi connectivity index (χ2v) is 5.42. The number of ether oxygens (including phenoxy) is 1. The highest BCUT2D eigenvalue weighted by Crippen LogP contribution is 2.13. The van der Waals surface area contributed by atoms with E-state index >= 15 is 0 Å². The van der Waals surface area contributed by atoms with Gasteiger partial charge in [0.1, 0.15) is 0 Å². The van der Waals surface area contributed by atoms with Crippen molar-refractivity contribution in [3.63, 3.8) is 0 Å². The molecule has 0 aromatic heterocycles. The molecule has 0 fully saturated rings. The molecule has 0 bridgehead atoms. The Kier molecular flexibility index (Phi) is 6.30. The average molecular weight is 320 g/mol. The molecule has 0 aliphatic rings. The van der Waals surface area contributed by atoms with Crippen LogP contribution in [0.25, 0.3) is 0 Å². The summed E-state index contributed by atoms with van der Waals surface area (Å²) in [7, 11) is 1.64. The molecular formula is C20H20N2O2. The Balaban J connectivity index is 2.17. The first-order valence-electron chi connectivity index (χ1n) is 7.65. The van der Waals surface area contributed by atoms with Gasteiger partial charge in [0.15, 0.2) is 0 Å². The van der Waals surface area contributed by atoms with Gasteiger partial charge in [0.25, 0.3) is 5.91 Å². The largest absolute Gasteiger partial charge is 0.380 e. The van der Waals surface area contributed by atoms with Gasteiger partial charge in [0.2, 0.25) is 0 Å². The van der Waals surface area contributed by atoms with E-state index in [4.69, 9.17) is 10.00 Å². The summed E-state index contributed by atoms with van der Waals surface area (Å²) in [4.78, 5) is 14.4. The van der Waals surface area contributed by atoms with Gasteiger partial charge in [-0.1, -0.05) is 30.3 Å². The van der Waals surface area contributed by atoms with Crippen molar-refractivity contribution in [1.29, 1.82) is 5.26 Å². The van der Waals surface area contributed by atoms with E-state index in [1.54, 1.807) is 42.4 Å². The molecule has 2 aromatic rings. The molecule has 0 N–H and O–H groups in total. The van der Waals surface area contributed by atoms with Crippen molar-refractivity contribution in [1.82, 2.24) is 4.90 Å². The summed E-state index contributed by atoms with van der Waals surface area (Å²) in [6.45, 7) is 5.12. The van der Waals surface area contributed by atoms with E-state index in [0.29, 0.717) is 30.8 Å². The SMILES string of the molecule is C=CCN(Cc1cccc(C#N)c1)C(=O)c1ccc(COC)cc1. The van der Waals surface area contributed by atoms with E-state index in [1.165, 1.54) is 0 Å². The number of benzene rings is 2. The van der Waals surface area contributed by atoms with Gasteiger partial charge < -0.3 is 9.64 Å². The number of nitrogens with zero attached hydrogens (tertiary/aromatic N) is 2. The maximum atomic E-state index is 12.7. The van der Waals surface area contributed by atoms with Gasteiger partial charge in [-0.25, -0.2) is 0 Å². The molecule has 4 nitrogen and oxygen atoms in total. The van der Waals surface area contributed by atoms with Crippen LogP contribution >= 0.6 is 0 Å². The summed E-state index contributed by atoms with van der Waals surface area (Å²) in [6.07, 6.45) is 1.70. The molecular weight excluding hydrogens is 300 g/mol. The Morgan fingerprint density at radius 1 is 1.25 bits per heavy atom. The summed E-state index contributed by atoms with van der Waals surface area (Å²) >= 11 is 0. The van der Waals surface area contributed by atoms with E-state index in [1.807, 2.05) is 24.3 Å². The fraction of sp³-hybridized carbons (Fsp3) is 0.200. The molecule has 0 atom stereocenters. The summed E-state index contributed by atoms with van der Waals surface area (Å²) in [5, 5.41) is 9.00. The zero-order chi connectivity index (χ0) is 17.4. The highest BCUT2D eigenvalue weighted by Gasteiger charge is 2.15. The van der Waals surface area contributed by atoms with Crippen LogP contribution in [0.4, 0.5) is 0 Å². The van der Waals surface area contributed by atoms with Gasteiger partial charge in [-0.2, -0.15) is 5.26 Å². The van der Waals surface area contributed by atoms with Gasteiger partial charge in [-0.15, -0.1) is 6.58 Å². The zero-order valence-electron chi connectivity index (χ0n) is 13.7. The minimum atomic E-state index is -0.0683. The molecule has 4 heteroatoms. The molecule has 1 amide bonds.